The zero-order valence-electron chi connectivity index (χ0n) is 24.3. The molecule has 1 aromatic heterocycles. The van der Waals surface area contributed by atoms with Crippen molar-refractivity contribution in [2.75, 3.05) is 13.2 Å². The standard InChI is InChI=1S/C33H31ClF3NO5Si/c1-32(2,3)44(26-10-6-4-7-11-26,27-12-8-5-9-13-27)42-19-18-41-25-16-14-23(15-17-30(39)40)29(21-25)43-31-28(34)20-24(22-38-31)33(35,36)37/h4-17,20-22H,18-19H2,1-3H3,(H,39,40)/b17-15+. The Morgan fingerprint density at radius 1 is 0.932 bits per heavy atom. The Morgan fingerprint density at radius 3 is 2.07 bits per heavy atom. The van der Waals surface area contributed by atoms with Crippen LogP contribution < -0.4 is 19.8 Å². The Labute approximate surface area is 259 Å². The number of benzene rings is 3. The first kappa shape index (κ1) is 32.8. The molecular formula is C33H31ClF3NO5Si. The van der Waals surface area contributed by atoms with Crippen molar-refractivity contribution in [2.45, 2.75) is 32.0 Å². The van der Waals surface area contributed by atoms with Crippen LogP contribution >= 0.6 is 11.6 Å². The van der Waals surface area contributed by atoms with Crippen molar-refractivity contribution < 1.29 is 37.0 Å². The van der Waals surface area contributed by atoms with E-state index in [0.29, 0.717) is 23.6 Å². The molecule has 0 atom stereocenters. The average Bonchev–Trinajstić information content (AvgIpc) is 2.97. The maximum atomic E-state index is 13.1. The number of hydrogen-bond donors (Lipinski definition) is 1. The van der Waals surface area contributed by atoms with Gasteiger partial charge in [-0.2, -0.15) is 13.2 Å². The van der Waals surface area contributed by atoms with Gasteiger partial charge >= 0.3 is 12.1 Å². The number of pyridine rings is 1. The highest BCUT2D eigenvalue weighted by atomic mass is 35.5. The van der Waals surface area contributed by atoms with Crippen LogP contribution in [-0.4, -0.2) is 37.6 Å². The highest BCUT2D eigenvalue weighted by Crippen LogP contribution is 2.38. The molecule has 44 heavy (non-hydrogen) atoms. The fourth-order valence-corrected chi connectivity index (χ4v) is 9.62. The first-order chi connectivity index (χ1) is 20.8. The van der Waals surface area contributed by atoms with Gasteiger partial charge in [0.25, 0.3) is 8.32 Å². The van der Waals surface area contributed by atoms with E-state index in [1.54, 1.807) is 12.1 Å². The fourth-order valence-electron chi connectivity index (χ4n) is 4.87. The summed E-state index contributed by atoms with van der Waals surface area (Å²) in [4.78, 5) is 14.8. The van der Waals surface area contributed by atoms with E-state index in [1.165, 1.54) is 12.1 Å². The number of carbonyl (C=O) groups is 1. The number of alkyl halides is 3. The zero-order chi connectivity index (χ0) is 32.0. The minimum atomic E-state index is -4.63. The molecule has 0 aliphatic heterocycles. The minimum Gasteiger partial charge on any atom is -0.491 e. The van der Waals surface area contributed by atoms with Crippen molar-refractivity contribution in [2.24, 2.45) is 0 Å². The van der Waals surface area contributed by atoms with Gasteiger partial charge in [-0.1, -0.05) is 93.0 Å². The number of nitrogens with zero attached hydrogens (tertiary/aromatic N) is 1. The van der Waals surface area contributed by atoms with E-state index in [-0.39, 0.29) is 34.9 Å². The number of ether oxygens (including phenoxy) is 2. The van der Waals surface area contributed by atoms with E-state index in [9.17, 15) is 18.0 Å². The average molecular weight is 642 g/mol. The molecular weight excluding hydrogens is 611 g/mol. The molecule has 1 heterocycles. The number of aliphatic carboxylic acids is 1. The molecule has 0 saturated heterocycles. The van der Waals surface area contributed by atoms with Gasteiger partial charge in [-0.15, -0.1) is 0 Å². The summed E-state index contributed by atoms with van der Waals surface area (Å²) in [6, 6.07) is 25.7. The number of carboxylic acids is 1. The molecule has 0 fully saturated rings. The maximum absolute atomic E-state index is 13.1. The van der Waals surface area contributed by atoms with Gasteiger partial charge in [-0.05, 0) is 39.7 Å². The van der Waals surface area contributed by atoms with Gasteiger partial charge < -0.3 is 19.0 Å². The summed E-state index contributed by atoms with van der Waals surface area (Å²) in [5, 5.41) is 10.8. The molecule has 6 nitrogen and oxygen atoms in total. The maximum Gasteiger partial charge on any atom is 0.417 e. The van der Waals surface area contributed by atoms with Crippen molar-refractivity contribution in [3.8, 4) is 17.4 Å². The molecule has 4 rings (SSSR count). The molecule has 0 spiro atoms. The molecule has 0 amide bonds. The predicted molar refractivity (Wildman–Crippen MR) is 167 cm³/mol. The van der Waals surface area contributed by atoms with Crippen molar-refractivity contribution >= 4 is 42.3 Å². The highest BCUT2D eigenvalue weighted by Gasteiger charge is 2.50. The van der Waals surface area contributed by atoms with Crippen LogP contribution in [0.25, 0.3) is 6.08 Å². The number of hydrogen-bond acceptors (Lipinski definition) is 5. The summed E-state index contributed by atoms with van der Waals surface area (Å²) in [5.41, 5.74) is -0.708. The van der Waals surface area contributed by atoms with Crippen LogP contribution in [0.5, 0.6) is 17.4 Å². The van der Waals surface area contributed by atoms with Gasteiger partial charge in [0.1, 0.15) is 23.1 Å². The van der Waals surface area contributed by atoms with E-state index >= 15 is 0 Å². The molecule has 230 valence electrons. The molecule has 0 unspecified atom stereocenters. The first-order valence-electron chi connectivity index (χ1n) is 13.6. The lowest BCUT2D eigenvalue weighted by molar-refractivity contribution is -0.138. The number of carboxylic acid groups (broad SMARTS) is 1. The van der Waals surface area contributed by atoms with Gasteiger partial charge in [0.15, 0.2) is 0 Å². The second-order valence-corrected chi connectivity index (χ2v) is 15.6. The van der Waals surface area contributed by atoms with Gasteiger partial charge in [-0.25, -0.2) is 9.78 Å². The molecule has 11 heteroatoms. The van der Waals surface area contributed by atoms with Crippen LogP contribution in [0.1, 0.15) is 31.9 Å². The molecule has 1 N–H and O–H groups in total. The lowest BCUT2D eigenvalue weighted by Gasteiger charge is -2.43. The van der Waals surface area contributed by atoms with Gasteiger partial charge in [0, 0.05) is 23.9 Å². The normalized spacial score (nSPS) is 12.3. The summed E-state index contributed by atoms with van der Waals surface area (Å²) in [7, 11) is -2.78. The van der Waals surface area contributed by atoms with E-state index in [1.807, 2.05) is 36.4 Å². The number of rotatable bonds is 11. The zero-order valence-corrected chi connectivity index (χ0v) is 26.0. The summed E-state index contributed by atoms with van der Waals surface area (Å²) >= 11 is 6.04. The summed E-state index contributed by atoms with van der Waals surface area (Å²) < 4.78 is 57.8. The summed E-state index contributed by atoms with van der Waals surface area (Å²) in [6.07, 6.45) is -1.83. The van der Waals surface area contributed by atoms with Crippen molar-refractivity contribution in [3.05, 3.63) is 113 Å². The molecule has 0 radical (unpaired) electrons. The smallest absolute Gasteiger partial charge is 0.417 e. The second kappa shape index (κ2) is 13.7. The van der Waals surface area contributed by atoms with Crippen LogP contribution in [-0.2, 0) is 15.4 Å². The van der Waals surface area contributed by atoms with E-state index in [0.717, 1.165) is 16.4 Å². The highest BCUT2D eigenvalue weighted by molar-refractivity contribution is 6.99. The number of halogens is 4. The predicted octanol–water partition coefficient (Wildman–Crippen LogP) is 7.60. The molecule has 0 aliphatic carbocycles. The van der Waals surface area contributed by atoms with Crippen molar-refractivity contribution in [1.82, 2.24) is 4.98 Å². The van der Waals surface area contributed by atoms with E-state index in [2.05, 4.69) is 50.0 Å². The van der Waals surface area contributed by atoms with Gasteiger partial charge in [0.05, 0.1) is 12.2 Å². The molecule has 4 aromatic rings. The molecule has 0 bridgehead atoms. The fraction of sp³-hybridized carbons (Fsp3) is 0.212. The molecule has 3 aromatic carbocycles. The number of aromatic nitrogens is 1. The van der Waals surface area contributed by atoms with E-state index in [4.69, 9.17) is 30.6 Å². The lowest BCUT2D eigenvalue weighted by Crippen LogP contribution is -2.66. The van der Waals surface area contributed by atoms with Crippen LogP contribution in [0.4, 0.5) is 13.2 Å². The Morgan fingerprint density at radius 2 is 1.55 bits per heavy atom. The van der Waals surface area contributed by atoms with Crippen molar-refractivity contribution in [1.29, 1.82) is 0 Å². The lowest BCUT2D eigenvalue weighted by atomic mass is 10.1. The molecule has 0 saturated carbocycles. The summed E-state index contributed by atoms with van der Waals surface area (Å²) in [6.45, 7) is 6.96. The first-order valence-corrected chi connectivity index (χ1v) is 15.9. The SMILES string of the molecule is CC(C)(C)[Si](OCCOc1ccc(/C=C/C(=O)O)c(Oc2ncc(C(F)(F)F)cc2Cl)c1)(c1ccccc1)c1ccccc1. The van der Waals surface area contributed by atoms with E-state index < -0.39 is 26.0 Å². The third kappa shape index (κ3) is 7.68. The Kier molecular flexibility index (Phi) is 10.2. The monoisotopic (exact) mass is 641 g/mol. The Bertz CT molecular complexity index is 1570. The minimum absolute atomic E-state index is 0.0852. The van der Waals surface area contributed by atoms with Crippen LogP contribution in [0.2, 0.25) is 10.1 Å². The topological polar surface area (TPSA) is 77.9 Å². The largest absolute Gasteiger partial charge is 0.491 e. The van der Waals surface area contributed by atoms with Gasteiger partial charge in [0.2, 0.25) is 5.88 Å². The van der Waals surface area contributed by atoms with Crippen LogP contribution in [0.15, 0.2) is 97.2 Å². The van der Waals surface area contributed by atoms with Crippen LogP contribution in [0, 0.1) is 0 Å². The van der Waals surface area contributed by atoms with Gasteiger partial charge in [-0.3, -0.25) is 0 Å². The van der Waals surface area contributed by atoms with Crippen molar-refractivity contribution in [3.63, 3.8) is 0 Å². The quantitative estimate of drug-likeness (QED) is 0.103. The third-order valence-corrected chi connectivity index (χ3v) is 12.1. The second-order valence-electron chi connectivity index (χ2n) is 10.8. The van der Waals surface area contributed by atoms with Crippen LogP contribution in [0.3, 0.4) is 0 Å². The summed E-state index contributed by atoms with van der Waals surface area (Å²) in [5.74, 6) is -1.03. The third-order valence-electron chi connectivity index (χ3n) is 6.82. The Balaban J connectivity index is 1.58. The Hall–Kier alpha value is -4.12. The molecule has 0 aliphatic rings.